The molecule has 3 aromatic rings. The number of aromatic nitrogens is 4. The summed E-state index contributed by atoms with van der Waals surface area (Å²) in [5, 5.41) is 10.4. The number of hydrogen-bond donors (Lipinski definition) is 1. The van der Waals surface area contributed by atoms with Gasteiger partial charge < -0.3 is 14.4 Å². The van der Waals surface area contributed by atoms with Crippen LogP contribution < -0.4 is 4.74 Å². The van der Waals surface area contributed by atoms with Crippen molar-refractivity contribution in [2.45, 2.75) is 12.3 Å². The molecule has 152 valence electrons. The molecule has 0 aliphatic carbocycles. The average Bonchev–Trinajstić information content (AvgIpc) is 3.19. The summed E-state index contributed by atoms with van der Waals surface area (Å²) in [5.74, 6) is -0.114. The van der Waals surface area contributed by atoms with Crippen LogP contribution in [0.2, 0.25) is 0 Å². The van der Waals surface area contributed by atoms with Crippen molar-refractivity contribution in [3.8, 4) is 5.88 Å². The van der Waals surface area contributed by atoms with Gasteiger partial charge in [-0.1, -0.05) is 0 Å². The van der Waals surface area contributed by atoms with Crippen LogP contribution in [0.5, 0.6) is 5.88 Å². The minimum atomic E-state index is -4.45. The maximum absolute atomic E-state index is 12.8. The number of pyridine rings is 1. The van der Waals surface area contributed by atoms with Crippen LogP contribution in [-0.2, 0) is 10.9 Å². The van der Waals surface area contributed by atoms with Crippen molar-refractivity contribution in [3.05, 3.63) is 47.7 Å². The van der Waals surface area contributed by atoms with Gasteiger partial charge in [0.2, 0.25) is 5.88 Å². The first-order chi connectivity index (χ1) is 13.9. The van der Waals surface area contributed by atoms with Gasteiger partial charge >= 0.3 is 6.18 Å². The third-order valence-electron chi connectivity index (χ3n) is 4.47. The molecule has 2 aromatic heterocycles. The molecular weight excluding hydrogens is 391 g/mol. The lowest BCUT2D eigenvalue weighted by atomic mass is 10.1. The highest BCUT2D eigenvalue weighted by Crippen LogP contribution is 2.29. The summed E-state index contributed by atoms with van der Waals surface area (Å²) in [6.07, 6.45) is -4.16. The van der Waals surface area contributed by atoms with E-state index in [0.717, 1.165) is 12.1 Å². The molecule has 29 heavy (non-hydrogen) atoms. The van der Waals surface area contributed by atoms with Crippen LogP contribution >= 0.6 is 0 Å². The lowest BCUT2D eigenvalue weighted by Gasteiger charge is -2.32. The van der Waals surface area contributed by atoms with E-state index in [1.54, 1.807) is 23.1 Å². The zero-order chi connectivity index (χ0) is 20.4. The molecule has 1 fully saturated rings. The minimum absolute atomic E-state index is 0.0570. The molecule has 4 rings (SSSR count). The average molecular weight is 407 g/mol. The number of nitrogens with one attached hydrogen (secondary N) is 1. The first kappa shape index (κ1) is 19.1. The molecule has 1 N–H and O–H groups in total. The van der Waals surface area contributed by atoms with Gasteiger partial charge in [0, 0.05) is 24.4 Å². The predicted molar refractivity (Wildman–Crippen MR) is 94.3 cm³/mol. The maximum atomic E-state index is 12.8. The van der Waals surface area contributed by atoms with Gasteiger partial charge in [-0.25, -0.2) is 4.98 Å². The molecular formula is C18H16F3N5O3. The number of carbonyl (C=O) groups is 1. The standard InChI is InChI=1S/C18H16F3N5O3/c19-18(20,21)12-2-4-16(22-8-12)29-10-13-9-26(5-6-28-13)17(27)11-1-3-14-15(7-11)24-25-23-14/h1-4,7-8,13H,5-6,9-10H2,(H,23,24,25). The predicted octanol–water partition coefficient (Wildman–Crippen LogP) is 2.29. The minimum Gasteiger partial charge on any atom is -0.475 e. The zero-order valence-electron chi connectivity index (χ0n) is 15.0. The first-order valence-electron chi connectivity index (χ1n) is 8.77. The second-order valence-electron chi connectivity index (χ2n) is 6.46. The fraction of sp³-hybridized carbons (Fsp3) is 0.333. The van der Waals surface area contributed by atoms with E-state index in [4.69, 9.17) is 9.47 Å². The second kappa shape index (κ2) is 7.66. The van der Waals surface area contributed by atoms with Crippen molar-refractivity contribution in [3.63, 3.8) is 0 Å². The number of aromatic amines is 1. The Bertz CT molecular complexity index is 1010. The van der Waals surface area contributed by atoms with Crippen molar-refractivity contribution in [1.29, 1.82) is 0 Å². The summed E-state index contributed by atoms with van der Waals surface area (Å²) in [4.78, 5) is 18.1. The van der Waals surface area contributed by atoms with E-state index in [9.17, 15) is 18.0 Å². The van der Waals surface area contributed by atoms with E-state index in [1.807, 2.05) is 0 Å². The molecule has 0 radical (unpaired) electrons. The number of carbonyl (C=O) groups excluding carboxylic acids is 1. The molecule has 8 nitrogen and oxygen atoms in total. The number of alkyl halides is 3. The molecule has 1 atom stereocenters. The van der Waals surface area contributed by atoms with Crippen LogP contribution in [-0.4, -0.2) is 63.6 Å². The SMILES string of the molecule is O=C(c1ccc2n[nH]nc2c1)N1CCOC(COc2ccc(C(F)(F)F)cn2)C1. The van der Waals surface area contributed by atoms with Gasteiger partial charge in [0.15, 0.2) is 0 Å². The highest BCUT2D eigenvalue weighted by molar-refractivity contribution is 5.97. The third-order valence-corrected chi connectivity index (χ3v) is 4.47. The van der Waals surface area contributed by atoms with Crippen LogP contribution in [0, 0.1) is 0 Å². The van der Waals surface area contributed by atoms with Gasteiger partial charge in [-0.2, -0.15) is 28.6 Å². The number of benzene rings is 1. The first-order valence-corrected chi connectivity index (χ1v) is 8.77. The van der Waals surface area contributed by atoms with Crippen LogP contribution in [0.15, 0.2) is 36.5 Å². The number of ether oxygens (including phenoxy) is 2. The summed E-state index contributed by atoms with van der Waals surface area (Å²) >= 11 is 0. The molecule has 1 unspecified atom stereocenters. The van der Waals surface area contributed by atoms with E-state index in [0.29, 0.717) is 35.9 Å². The Morgan fingerprint density at radius 2 is 2.07 bits per heavy atom. The highest BCUT2D eigenvalue weighted by Gasteiger charge is 2.31. The van der Waals surface area contributed by atoms with Crippen molar-refractivity contribution >= 4 is 16.9 Å². The number of H-pyrrole nitrogens is 1. The van der Waals surface area contributed by atoms with Gasteiger partial charge in [-0.3, -0.25) is 4.79 Å². The maximum Gasteiger partial charge on any atom is 0.417 e. The Hall–Kier alpha value is -3.21. The van der Waals surface area contributed by atoms with Crippen LogP contribution in [0.1, 0.15) is 15.9 Å². The molecule has 1 saturated heterocycles. The van der Waals surface area contributed by atoms with E-state index in [1.165, 1.54) is 0 Å². The second-order valence-corrected chi connectivity index (χ2v) is 6.46. The fourth-order valence-electron chi connectivity index (χ4n) is 2.97. The van der Waals surface area contributed by atoms with Gasteiger partial charge in [0.05, 0.1) is 18.7 Å². The molecule has 1 aromatic carbocycles. The number of amides is 1. The lowest BCUT2D eigenvalue weighted by Crippen LogP contribution is -2.47. The molecule has 0 saturated carbocycles. The van der Waals surface area contributed by atoms with E-state index in [-0.39, 0.29) is 24.9 Å². The molecule has 1 aliphatic heterocycles. The van der Waals surface area contributed by atoms with Crippen LogP contribution in [0.3, 0.4) is 0 Å². The van der Waals surface area contributed by atoms with E-state index < -0.39 is 17.8 Å². The van der Waals surface area contributed by atoms with Crippen LogP contribution in [0.4, 0.5) is 13.2 Å². The van der Waals surface area contributed by atoms with Crippen molar-refractivity contribution in [2.24, 2.45) is 0 Å². The normalized spacial score (nSPS) is 17.5. The summed E-state index contributed by atoms with van der Waals surface area (Å²) in [5.41, 5.74) is 0.896. The van der Waals surface area contributed by atoms with Gasteiger partial charge in [-0.15, -0.1) is 0 Å². The number of fused-ring (bicyclic) bond motifs is 1. The largest absolute Gasteiger partial charge is 0.475 e. The Labute approximate surface area is 162 Å². The van der Waals surface area contributed by atoms with Gasteiger partial charge in [0.25, 0.3) is 5.91 Å². The van der Waals surface area contributed by atoms with Crippen molar-refractivity contribution < 1.29 is 27.4 Å². The van der Waals surface area contributed by atoms with Crippen molar-refractivity contribution in [2.75, 3.05) is 26.3 Å². The molecule has 3 heterocycles. The van der Waals surface area contributed by atoms with Crippen LogP contribution in [0.25, 0.3) is 11.0 Å². The van der Waals surface area contributed by atoms with E-state index in [2.05, 4.69) is 20.4 Å². The summed E-state index contributed by atoms with van der Waals surface area (Å²) in [7, 11) is 0. The Balaban J connectivity index is 1.36. The summed E-state index contributed by atoms with van der Waals surface area (Å²) in [6, 6.07) is 7.11. The number of morpholine rings is 1. The molecule has 0 bridgehead atoms. The Morgan fingerprint density at radius 3 is 2.83 bits per heavy atom. The molecule has 11 heteroatoms. The summed E-state index contributed by atoms with van der Waals surface area (Å²) < 4.78 is 48.8. The van der Waals surface area contributed by atoms with Gasteiger partial charge in [0.1, 0.15) is 23.7 Å². The van der Waals surface area contributed by atoms with E-state index >= 15 is 0 Å². The Morgan fingerprint density at radius 1 is 1.24 bits per heavy atom. The quantitative estimate of drug-likeness (QED) is 0.713. The van der Waals surface area contributed by atoms with Crippen molar-refractivity contribution in [1.82, 2.24) is 25.3 Å². The number of nitrogens with zero attached hydrogens (tertiary/aromatic N) is 4. The molecule has 1 amide bonds. The number of rotatable bonds is 4. The molecule has 0 spiro atoms. The number of hydrogen-bond acceptors (Lipinski definition) is 6. The lowest BCUT2D eigenvalue weighted by molar-refractivity contribution is -0.137. The monoisotopic (exact) mass is 407 g/mol. The molecule has 1 aliphatic rings. The Kier molecular flexibility index (Phi) is 5.05. The van der Waals surface area contributed by atoms with Gasteiger partial charge in [-0.05, 0) is 24.3 Å². The smallest absolute Gasteiger partial charge is 0.417 e. The zero-order valence-corrected chi connectivity index (χ0v) is 15.0. The highest BCUT2D eigenvalue weighted by atomic mass is 19.4. The summed E-state index contributed by atoms with van der Waals surface area (Å²) in [6.45, 7) is 1.10. The third kappa shape index (κ3) is 4.29. The number of halogens is 3. The fourth-order valence-corrected chi connectivity index (χ4v) is 2.97. The topological polar surface area (TPSA) is 93.2 Å².